The molecule has 0 saturated carbocycles. The molecule has 3 aromatic heterocycles. The number of nitrogens with zero attached hydrogens (tertiary/aromatic N) is 8. The number of piperazine rings is 1. The molecule has 1 fully saturated rings. The van der Waals surface area contributed by atoms with Gasteiger partial charge in [-0.2, -0.15) is 28.8 Å². The minimum absolute atomic E-state index is 0.0170. The van der Waals surface area contributed by atoms with Gasteiger partial charge in [0.2, 0.25) is 0 Å². The Morgan fingerprint density at radius 2 is 2.00 bits per heavy atom. The molecule has 1 saturated heterocycles. The first kappa shape index (κ1) is 30.1. The lowest BCUT2D eigenvalue weighted by Gasteiger charge is -2.42. The van der Waals surface area contributed by atoms with E-state index in [1.165, 1.54) is 23.4 Å². The summed E-state index contributed by atoms with van der Waals surface area (Å²) in [6, 6.07) is 7.56. The van der Waals surface area contributed by atoms with Crippen molar-refractivity contribution in [1.82, 2.24) is 34.5 Å². The van der Waals surface area contributed by atoms with Crippen LogP contribution in [-0.2, 0) is 9.53 Å². The van der Waals surface area contributed by atoms with Gasteiger partial charge < -0.3 is 14.6 Å². The molecule has 1 N–H and O–H groups in total. The van der Waals surface area contributed by atoms with Gasteiger partial charge in [0, 0.05) is 49.5 Å². The van der Waals surface area contributed by atoms with Gasteiger partial charge >= 0.3 is 12.1 Å². The highest BCUT2D eigenvalue weighted by atomic mass is 19.4. The van der Waals surface area contributed by atoms with Crippen LogP contribution in [0.5, 0.6) is 0 Å². The average Bonchev–Trinajstić information content (AvgIpc) is 3.69. The van der Waals surface area contributed by atoms with Crippen molar-refractivity contribution in [3.63, 3.8) is 0 Å². The Morgan fingerprint density at radius 3 is 2.73 bits per heavy atom. The fraction of sp³-hybridized carbons (Fsp3) is 0.321. The molecule has 2 atom stereocenters. The third-order valence-corrected chi connectivity index (χ3v) is 7.23. The summed E-state index contributed by atoms with van der Waals surface area (Å²) in [4.78, 5) is 39.1. The van der Waals surface area contributed by atoms with Gasteiger partial charge in [-0.05, 0) is 24.3 Å². The van der Waals surface area contributed by atoms with Gasteiger partial charge in [-0.25, -0.2) is 19.2 Å². The smallest absolute Gasteiger partial charge is 0.457 e. The number of alkyl halides is 3. The molecule has 16 heteroatoms. The van der Waals surface area contributed by atoms with Crippen LogP contribution >= 0.6 is 0 Å². The second-order valence-electron chi connectivity index (χ2n) is 9.99. The highest BCUT2D eigenvalue weighted by Crippen LogP contribution is 2.27. The number of aromatic nitrogens is 5. The number of esters is 1. The number of carbonyl (C=O) groups is 2. The van der Waals surface area contributed by atoms with E-state index in [1.807, 2.05) is 6.07 Å². The van der Waals surface area contributed by atoms with Gasteiger partial charge in [0.05, 0.1) is 53.7 Å². The predicted molar refractivity (Wildman–Crippen MR) is 144 cm³/mol. The predicted octanol–water partition coefficient (Wildman–Crippen LogP) is 3.22. The summed E-state index contributed by atoms with van der Waals surface area (Å²) >= 11 is 0. The number of benzene rings is 1. The first-order valence-electron chi connectivity index (χ1n) is 13.3. The molecule has 0 aliphatic carbocycles. The molecule has 4 heterocycles. The molecule has 0 radical (unpaired) electrons. The van der Waals surface area contributed by atoms with E-state index in [0.29, 0.717) is 16.9 Å². The SMILES string of the molecule is N#CCC(CN1CCN(C(=O)c2ccc(C#N)cc2F)CC1COC(=O)C(F)(F)F)n1cc(-c2ncnc3[nH]ccc23)cn1. The summed E-state index contributed by atoms with van der Waals surface area (Å²) in [6.45, 7) is -0.616. The van der Waals surface area contributed by atoms with E-state index in [-0.39, 0.29) is 43.7 Å². The Kier molecular flexibility index (Phi) is 8.54. The molecule has 1 aliphatic heterocycles. The molecule has 1 aromatic carbocycles. The molecular formula is C28H23F4N9O3. The maximum atomic E-state index is 14.6. The number of halogens is 4. The van der Waals surface area contributed by atoms with Gasteiger partial charge in [0.15, 0.2) is 0 Å². The topological polar surface area (TPSA) is 157 Å². The monoisotopic (exact) mass is 609 g/mol. The van der Waals surface area contributed by atoms with Crippen LogP contribution < -0.4 is 0 Å². The summed E-state index contributed by atoms with van der Waals surface area (Å²) in [5.41, 5.74) is 1.59. The minimum Gasteiger partial charge on any atom is -0.457 e. The van der Waals surface area contributed by atoms with Crippen LogP contribution in [0.15, 0.2) is 49.2 Å². The summed E-state index contributed by atoms with van der Waals surface area (Å²) in [5, 5.41) is 23.7. The fourth-order valence-electron chi connectivity index (χ4n) is 5.04. The quantitative estimate of drug-likeness (QED) is 0.234. The van der Waals surface area contributed by atoms with E-state index in [2.05, 4.69) is 30.9 Å². The third kappa shape index (κ3) is 6.35. The zero-order valence-electron chi connectivity index (χ0n) is 22.8. The molecule has 5 rings (SSSR count). The van der Waals surface area contributed by atoms with Crippen LogP contribution in [0.3, 0.4) is 0 Å². The number of nitriles is 2. The second-order valence-corrected chi connectivity index (χ2v) is 9.99. The van der Waals surface area contributed by atoms with Crippen molar-refractivity contribution in [2.75, 3.05) is 32.8 Å². The number of H-pyrrole nitrogens is 1. The summed E-state index contributed by atoms with van der Waals surface area (Å²) in [6.07, 6.45) is 1.15. The highest BCUT2D eigenvalue weighted by molar-refractivity contribution is 5.94. The van der Waals surface area contributed by atoms with Crippen LogP contribution in [0.1, 0.15) is 28.4 Å². The molecule has 4 aromatic rings. The minimum atomic E-state index is -5.22. The first-order chi connectivity index (χ1) is 21.1. The number of rotatable bonds is 8. The normalized spacial score (nSPS) is 16.3. The standard InChI is InChI=1S/C28H23F4N9O3/c29-23-9-17(10-34)1-2-21(23)26(42)40-8-7-39(20(14-40)15-44-27(43)28(30,31)32)13-19(3-5-33)41-12-18(11-38-41)24-22-4-6-35-25(22)37-16-36-24/h1-2,4,6,9,11-12,16,19-20H,3,7-8,13-15H2,(H,35,36,37). The van der Waals surface area contributed by atoms with E-state index in [1.54, 1.807) is 34.2 Å². The van der Waals surface area contributed by atoms with Crippen LogP contribution in [0.25, 0.3) is 22.3 Å². The molecule has 12 nitrogen and oxygen atoms in total. The number of hydrogen-bond acceptors (Lipinski definition) is 9. The van der Waals surface area contributed by atoms with Crippen molar-refractivity contribution in [3.05, 3.63) is 66.1 Å². The third-order valence-electron chi connectivity index (χ3n) is 7.23. The molecule has 0 spiro atoms. The number of hydrogen-bond donors (Lipinski definition) is 1. The number of aromatic amines is 1. The van der Waals surface area contributed by atoms with Gasteiger partial charge in [-0.15, -0.1) is 0 Å². The van der Waals surface area contributed by atoms with Gasteiger partial charge in [0.25, 0.3) is 5.91 Å². The molecule has 2 unspecified atom stereocenters. The molecular weight excluding hydrogens is 586 g/mol. The van der Waals surface area contributed by atoms with Gasteiger partial charge in [-0.1, -0.05) is 0 Å². The second kappa shape index (κ2) is 12.5. The van der Waals surface area contributed by atoms with E-state index in [9.17, 15) is 32.4 Å². The number of ether oxygens (including phenoxy) is 1. The van der Waals surface area contributed by atoms with Crippen molar-refractivity contribution < 1.29 is 31.9 Å². The molecule has 1 aliphatic rings. The number of carbonyl (C=O) groups excluding carboxylic acids is 2. The lowest BCUT2D eigenvalue weighted by Crippen LogP contribution is -2.57. The maximum absolute atomic E-state index is 14.6. The Labute approximate surface area is 247 Å². The Morgan fingerprint density at radius 1 is 1.18 bits per heavy atom. The molecule has 44 heavy (non-hydrogen) atoms. The van der Waals surface area contributed by atoms with E-state index < -0.39 is 42.6 Å². The number of nitrogens with one attached hydrogen (secondary N) is 1. The van der Waals surface area contributed by atoms with E-state index in [4.69, 9.17) is 5.26 Å². The van der Waals surface area contributed by atoms with Crippen molar-refractivity contribution >= 4 is 22.9 Å². The average molecular weight is 610 g/mol. The van der Waals surface area contributed by atoms with Crippen LogP contribution in [-0.4, -0.2) is 91.4 Å². The first-order valence-corrected chi connectivity index (χ1v) is 13.3. The Balaban J connectivity index is 1.37. The maximum Gasteiger partial charge on any atom is 0.490 e. The summed E-state index contributed by atoms with van der Waals surface area (Å²) in [7, 11) is 0. The van der Waals surface area contributed by atoms with Crippen LogP contribution in [0, 0.1) is 28.5 Å². The van der Waals surface area contributed by atoms with Gasteiger partial charge in [0.1, 0.15) is 24.4 Å². The lowest BCUT2D eigenvalue weighted by molar-refractivity contribution is -0.201. The Hall–Kier alpha value is -5.35. The van der Waals surface area contributed by atoms with E-state index in [0.717, 1.165) is 11.5 Å². The highest BCUT2D eigenvalue weighted by Gasteiger charge is 2.42. The summed E-state index contributed by atoms with van der Waals surface area (Å²) in [5.74, 6) is -4.03. The lowest BCUT2D eigenvalue weighted by atomic mass is 10.1. The molecule has 1 amide bonds. The van der Waals surface area contributed by atoms with Crippen LogP contribution in [0.4, 0.5) is 17.6 Å². The van der Waals surface area contributed by atoms with Crippen LogP contribution in [0.2, 0.25) is 0 Å². The van der Waals surface area contributed by atoms with E-state index >= 15 is 0 Å². The zero-order chi connectivity index (χ0) is 31.4. The van der Waals surface area contributed by atoms with Crippen molar-refractivity contribution in [3.8, 4) is 23.4 Å². The van der Waals surface area contributed by atoms with Crippen molar-refractivity contribution in [2.45, 2.75) is 24.7 Å². The van der Waals surface area contributed by atoms with Crippen molar-refractivity contribution in [2.24, 2.45) is 0 Å². The Bertz CT molecular complexity index is 1770. The fourth-order valence-corrected chi connectivity index (χ4v) is 5.04. The largest absolute Gasteiger partial charge is 0.490 e. The molecule has 0 bridgehead atoms. The van der Waals surface area contributed by atoms with Crippen molar-refractivity contribution in [1.29, 1.82) is 10.5 Å². The summed E-state index contributed by atoms with van der Waals surface area (Å²) < 4.78 is 59.4. The molecule has 226 valence electrons. The zero-order valence-corrected chi connectivity index (χ0v) is 22.8. The number of fused-ring (bicyclic) bond motifs is 1. The number of amides is 1. The van der Waals surface area contributed by atoms with Gasteiger partial charge in [-0.3, -0.25) is 14.4 Å².